The second-order valence-electron chi connectivity index (χ2n) is 10.0. The molecule has 0 radical (unpaired) electrons. The van der Waals surface area contributed by atoms with Crippen molar-refractivity contribution in [1.29, 1.82) is 0 Å². The summed E-state index contributed by atoms with van der Waals surface area (Å²) in [5.41, 5.74) is 7.20. The van der Waals surface area contributed by atoms with Crippen LogP contribution >= 0.6 is 12.2 Å². The number of aryl methyl sites for hydroxylation is 3. The van der Waals surface area contributed by atoms with Crippen LogP contribution in [0, 0.1) is 20.8 Å². The Balaban J connectivity index is 1.78. The van der Waals surface area contributed by atoms with Gasteiger partial charge in [-0.15, -0.1) is 0 Å². The standard InChI is InChI=1S/C27H31N3O2S/c1-15-8-16(2)10-20(9-15)30-25(32)22(24(31)28-26(30)33)13-19-12-21-18(4)14-27(5,6)29(7)23(21)11-17(19)3/h8-13,18H,14H2,1-7H3,(H,28,31,33)/b22-13+/t18-/m1/s1. The van der Waals surface area contributed by atoms with E-state index in [4.69, 9.17) is 12.2 Å². The van der Waals surface area contributed by atoms with Gasteiger partial charge in [0, 0.05) is 18.3 Å². The zero-order chi connectivity index (χ0) is 24.2. The number of nitrogens with one attached hydrogen (secondary N) is 1. The van der Waals surface area contributed by atoms with Crippen molar-refractivity contribution in [2.75, 3.05) is 16.8 Å². The van der Waals surface area contributed by atoms with Crippen LogP contribution in [0.1, 0.15) is 60.9 Å². The summed E-state index contributed by atoms with van der Waals surface area (Å²) in [6, 6.07) is 10.1. The average molecular weight is 462 g/mol. The normalized spacial score (nSPS) is 21.4. The van der Waals surface area contributed by atoms with E-state index in [0.29, 0.717) is 11.6 Å². The highest BCUT2D eigenvalue weighted by Gasteiger charge is 2.36. The van der Waals surface area contributed by atoms with Gasteiger partial charge in [0.15, 0.2) is 5.11 Å². The Morgan fingerprint density at radius 1 is 1.06 bits per heavy atom. The summed E-state index contributed by atoms with van der Waals surface area (Å²) in [5, 5.41) is 2.80. The highest BCUT2D eigenvalue weighted by atomic mass is 32.1. The first kappa shape index (κ1) is 23.2. The molecule has 1 saturated heterocycles. The number of nitrogens with zero attached hydrogens (tertiary/aromatic N) is 2. The number of carbonyl (C=O) groups is 2. The fourth-order valence-corrected chi connectivity index (χ4v) is 5.30. The number of amides is 2. The third-order valence-electron chi connectivity index (χ3n) is 6.89. The van der Waals surface area contributed by atoms with Gasteiger partial charge in [0.1, 0.15) is 5.57 Å². The summed E-state index contributed by atoms with van der Waals surface area (Å²) in [6.07, 6.45) is 2.74. The molecule has 2 aliphatic heterocycles. The SMILES string of the molecule is Cc1cc(C)cc(N2C(=O)/C(=C/c3cc4c(cc3C)N(C)C(C)(C)C[C@H]4C)C(=O)NC2=S)c1. The number of anilines is 2. The van der Waals surface area contributed by atoms with Gasteiger partial charge in [0.25, 0.3) is 11.8 Å². The number of thiocarbonyl (C=S) groups is 1. The minimum absolute atomic E-state index is 0.0696. The lowest BCUT2D eigenvalue weighted by atomic mass is 9.79. The summed E-state index contributed by atoms with van der Waals surface area (Å²) in [7, 11) is 2.13. The smallest absolute Gasteiger partial charge is 0.270 e. The van der Waals surface area contributed by atoms with Crippen molar-refractivity contribution in [3.05, 3.63) is 63.7 Å². The molecule has 2 aromatic carbocycles. The summed E-state index contributed by atoms with van der Waals surface area (Å²) < 4.78 is 0. The van der Waals surface area contributed by atoms with E-state index in [2.05, 4.69) is 50.2 Å². The van der Waals surface area contributed by atoms with Crippen molar-refractivity contribution in [3.63, 3.8) is 0 Å². The minimum Gasteiger partial charge on any atom is -0.369 e. The molecule has 6 heteroatoms. The molecule has 1 atom stereocenters. The average Bonchev–Trinajstić information content (AvgIpc) is 2.69. The zero-order valence-electron chi connectivity index (χ0n) is 20.4. The van der Waals surface area contributed by atoms with E-state index in [1.54, 1.807) is 6.08 Å². The lowest BCUT2D eigenvalue weighted by molar-refractivity contribution is -0.122. The molecule has 172 valence electrons. The van der Waals surface area contributed by atoms with Crippen LogP contribution in [-0.4, -0.2) is 29.5 Å². The number of fused-ring (bicyclic) bond motifs is 1. The molecular weight excluding hydrogens is 430 g/mol. The molecule has 4 rings (SSSR count). The predicted molar refractivity (Wildman–Crippen MR) is 139 cm³/mol. The fraction of sp³-hybridized carbons (Fsp3) is 0.370. The molecule has 33 heavy (non-hydrogen) atoms. The molecule has 1 fully saturated rings. The first-order chi connectivity index (χ1) is 15.4. The first-order valence-electron chi connectivity index (χ1n) is 11.3. The molecule has 2 aromatic rings. The highest BCUT2D eigenvalue weighted by molar-refractivity contribution is 7.80. The number of hydrogen-bond acceptors (Lipinski definition) is 4. The largest absolute Gasteiger partial charge is 0.369 e. The van der Waals surface area contributed by atoms with E-state index in [1.807, 2.05) is 39.0 Å². The molecule has 0 saturated carbocycles. The van der Waals surface area contributed by atoms with Crippen molar-refractivity contribution in [2.24, 2.45) is 0 Å². The minimum atomic E-state index is -0.464. The van der Waals surface area contributed by atoms with Crippen LogP contribution in [0.25, 0.3) is 6.08 Å². The molecule has 2 heterocycles. The van der Waals surface area contributed by atoms with E-state index < -0.39 is 11.8 Å². The Hall–Kier alpha value is -2.99. The molecule has 1 N–H and O–H groups in total. The maximum absolute atomic E-state index is 13.5. The Kier molecular flexibility index (Phi) is 5.69. The summed E-state index contributed by atoms with van der Waals surface area (Å²) >= 11 is 5.36. The van der Waals surface area contributed by atoms with Gasteiger partial charge in [-0.25, -0.2) is 0 Å². The maximum atomic E-state index is 13.5. The zero-order valence-corrected chi connectivity index (χ0v) is 21.2. The Morgan fingerprint density at radius 3 is 2.33 bits per heavy atom. The molecule has 2 aliphatic rings. The van der Waals surface area contributed by atoms with Crippen LogP contribution in [0.5, 0.6) is 0 Å². The van der Waals surface area contributed by atoms with Gasteiger partial charge in [0.05, 0.1) is 5.69 Å². The van der Waals surface area contributed by atoms with Gasteiger partial charge >= 0.3 is 0 Å². The second-order valence-corrected chi connectivity index (χ2v) is 10.4. The van der Waals surface area contributed by atoms with Gasteiger partial charge in [0.2, 0.25) is 0 Å². The van der Waals surface area contributed by atoms with Crippen molar-refractivity contribution < 1.29 is 9.59 Å². The predicted octanol–water partition coefficient (Wildman–Crippen LogP) is 5.17. The quantitative estimate of drug-likeness (QED) is 0.381. The van der Waals surface area contributed by atoms with Crippen molar-refractivity contribution >= 4 is 46.6 Å². The fourth-order valence-electron chi connectivity index (χ4n) is 5.02. The van der Waals surface area contributed by atoms with Gasteiger partial charge in [-0.2, -0.15) is 0 Å². The molecule has 5 nitrogen and oxygen atoms in total. The van der Waals surface area contributed by atoms with Crippen LogP contribution in [0.2, 0.25) is 0 Å². The van der Waals surface area contributed by atoms with Gasteiger partial charge in [-0.05, 0) is 117 Å². The summed E-state index contributed by atoms with van der Waals surface area (Å²) in [4.78, 5) is 30.0. The van der Waals surface area contributed by atoms with Crippen molar-refractivity contribution in [1.82, 2.24) is 5.32 Å². The Labute approximate surface area is 201 Å². The van der Waals surface area contributed by atoms with E-state index in [9.17, 15) is 9.59 Å². The highest BCUT2D eigenvalue weighted by Crippen LogP contribution is 2.43. The third kappa shape index (κ3) is 4.08. The number of rotatable bonds is 2. The second kappa shape index (κ2) is 8.10. The van der Waals surface area contributed by atoms with E-state index in [0.717, 1.165) is 28.7 Å². The third-order valence-corrected chi connectivity index (χ3v) is 7.17. The number of carbonyl (C=O) groups excluding carboxylic acids is 2. The lowest BCUT2D eigenvalue weighted by Crippen LogP contribution is -2.54. The molecular formula is C27H31N3O2S. The molecule has 0 bridgehead atoms. The summed E-state index contributed by atoms with van der Waals surface area (Å²) in [6.45, 7) is 12.7. The topological polar surface area (TPSA) is 52.7 Å². The summed E-state index contributed by atoms with van der Waals surface area (Å²) in [5.74, 6) is -0.495. The van der Waals surface area contributed by atoms with Gasteiger partial charge < -0.3 is 4.90 Å². The van der Waals surface area contributed by atoms with Crippen molar-refractivity contribution in [2.45, 2.75) is 59.4 Å². The molecule has 2 amide bonds. The van der Waals surface area contributed by atoms with Crippen LogP contribution in [-0.2, 0) is 9.59 Å². The molecule has 0 aromatic heterocycles. The van der Waals surface area contributed by atoms with Gasteiger partial charge in [-0.1, -0.05) is 13.0 Å². The molecule has 0 spiro atoms. The van der Waals surface area contributed by atoms with E-state index in [-0.39, 0.29) is 16.2 Å². The van der Waals surface area contributed by atoms with Crippen LogP contribution in [0.3, 0.4) is 0 Å². The van der Waals surface area contributed by atoms with Crippen LogP contribution in [0.15, 0.2) is 35.9 Å². The maximum Gasteiger partial charge on any atom is 0.270 e. The monoisotopic (exact) mass is 461 g/mol. The van der Waals surface area contributed by atoms with Crippen LogP contribution < -0.4 is 15.1 Å². The van der Waals surface area contributed by atoms with Crippen LogP contribution in [0.4, 0.5) is 11.4 Å². The van der Waals surface area contributed by atoms with Crippen molar-refractivity contribution in [3.8, 4) is 0 Å². The Bertz CT molecular complexity index is 1210. The van der Waals surface area contributed by atoms with E-state index in [1.165, 1.54) is 16.2 Å². The Morgan fingerprint density at radius 2 is 1.70 bits per heavy atom. The molecule has 0 aliphatic carbocycles. The van der Waals surface area contributed by atoms with Gasteiger partial charge in [-0.3, -0.25) is 19.8 Å². The number of benzene rings is 2. The lowest BCUT2D eigenvalue weighted by Gasteiger charge is -2.45. The number of hydrogen-bond donors (Lipinski definition) is 1. The first-order valence-corrected chi connectivity index (χ1v) is 11.7. The van der Waals surface area contributed by atoms with E-state index >= 15 is 0 Å². The molecule has 0 unspecified atom stereocenters.